The fourth-order valence-electron chi connectivity index (χ4n) is 0.970. The molecule has 1 aromatic heterocycles. The Hall–Kier alpha value is -0.670. The fourth-order valence-corrected chi connectivity index (χ4v) is 1.19. The molecule has 0 aliphatic rings. The molecule has 1 heterocycles. The van der Waals surface area contributed by atoms with E-state index < -0.39 is 0 Å². The molecule has 1 aromatic rings. The highest BCUT2D eigenvalue weighted by molar-refractivity contribution is 6.29. The van der Waals surface area contributed by atoms with Gasteiger partial charge in [-0.05, 0) is 13.3 Å². The van der Waals surface area contributed by atoms with Crippen LogP contribution in [0.2, 0.25) is 5.15 Å². The molecule has 0 bridgehead atoms. The molecule has 0 amide bonds. The van der Waals surface area contributed by atoms with Gasteiger partial charge in [-0.15, -0.1) is 0 Å². The standard InChI is InChI=1S/C9H13ClN2O/c1-4-7-9(10)11-5-8(12-7)6(2)13-3/h5-6H,4H2,1-3H3. The first-order chi connectivity index (χ1) is 6.19. The van der Waals surface area contributed by atoms with Gasteiger partial charge < -0.3 is 4.74 Å². The molecule has 72 valence electrons. The van der Waals surface area contributed by atoms with Gasteiger partial charge in [0.15, 0.2) is 0 Å². The van der Waals surface area contributed by atoms with Crippen LogP contribution >= 0.6 is 11.6 Å². The lowest BCUT2D eigenvalue weighted by molar-refractivity contribution is 0.115. The number of rotatable bonds is 3. The molecule has 0 fully saturated rings. The van der Waals surface area contributed by atoms with E-state index in [0.717, 1.165) is 17.8 Å². The molecule has 0 N–H and O–H groups in total. The number of aromatic nitrogens is 2. The monoisotopic (exact) mass is 200 g/mol. The summed E-state index contributed by atoms with van der Waals surface area (Å²) in [6, 6.07) is 0. The number of ether oxygens (including phenoxy) is 1. The molecular weight excluding hydrogens is 188 g/mol. The van der Waals surface area contributed by atoms with E-state index in [2.05, 4.69) is 9.97 Å². The number of halogens is 1. The maximum atomic E-state index is 5.83. The smallest absolute Gasteiger partial charge is 0.150 e. The first kappa shape index (κ1) is 10.4. The lowest BCUT2D eigenvalue weighted by Crippen LogP contribution is -2.03. The van der Waals surface area contributed by atoms with Crippen molar-refractivity contribution in [2.45, 2.75) is 26.4 Å². The van der Waals surface area contributed by atoms with Gasteiger partial charge in [-0.3, -0.25) is 4.98 Å². The Morgan fingerprint density at radius 3 is 2.85 bits per heavy atom. The zero-order valence-electron chi connectivity index (χ0n) is 8.04. The van der Waals surface area contributed by atoms with E-state index in [4.69, 9.17) is 16.3 Å². The highest BCUT2D eigenvalue weighted by atomic mass is 35.5. The van der Waals surface area contributed by atoms with Gasteiger partial charge in [-0.2, -0.15) is 0 Å². The minimum absolute atomic E-state index is 0.0323. The van der Waals surface area contributed by atoms with Gasteiger partial charge in [0.1, 0.15) is 5.15 Å². The lowest BCUT2D eigenvalue weighted by Gasteiger charge is -2.09. The van der Waals surface area contributed by atoms with E-state index in [0.29, 0.717) is 5.15 Å². The second kappa shape index (κ2) is 4.53. The molecule has 0 spiro atoms. The Bertz CT molecular complexity index is 291. The fraction of sp³-hybridized carbons (Fsp3) is 0.556. The van der Waals surface area contributed by atoms with Gasteiger partial charge in [0.2, 0.25) is 0 Å². The van der Waals surface area contributed by atoms with Crippen LogP contribution in [0.4, 0.5) is 0 Å². The van der Waals surface area contributed by atoms with E-state index in [9.17, 15) is 0 Å². The molecule has 4 heteroatoms. The van der Waals surface area contributed by atoms with Crippen LogP contribution in [0.3, 0.4) is 0 Å². The van der Waals surface area contributed by atoms with Crippen LogP contribution in [0.5, 0.6) is 0 Å². The molecule has 0 aromatic carbocycles. The van der Waals surface area contributed by atoms with Crippen molar-refractivity contribution in [1.29, 1.82) is 0 Å². The van der Waals surface area contributed by atoms with Crippen molar-refractivity contribution < 1.29 is 4.74 Å². The van der Waals surface area contributed by atoms with Crippen LogP contribution in [-0.4, -0.2) is 17.1 Å². The summed E-state index contributed by atoms with van der Waals surface area (Å²) in [5.74, 6) is 0. The third kappa shape index (κ3) is 2.39. The second-order valence-electron chi connectivity index (χ2n) is 2.76. The Labute approximate surface area is 83.1 Å². The highest BCUT2D eigenvalue weighted by Gasteiger charge is 2.08. The Morgan fingerprint density at radius 1 is 1.62 bits per heavy atom. The predicted octanol–water partition coefficient (Wildman–Crippen LogP) is 2.40. The molecule has 3 nitrogen and oxygen atoms in total. The molecule has 1 unspecified atom stereocenters. The maximum Gasteiger partial charge on any atom is 0.150 e. The molecule has 0 aliphatic carbocycles. The van der Waals surface area contributed by atoms with Crippen LogP contribution < -0.4 is 0 Å². The minimum Gasteiger partial charge on any atom is -0.375 e. The quantitative estimate of drug-likeness (QED) is 0.752. The molecule has 13 heavy (non-hydrogen) atoms. The number of hydrogen-bond acceptors (Lipinski definition) is 3. The average Bonchev–Trinajstić information content (AvgIpc) is 2.17. The molecule has 0 radical (unpaired) electrons. The molecule has 0 saturated heterocycles. The van der Waals surface area contributed by atoms with Crippen molar-refractivity contribution >= 4 is 11.6 Å². The summed E-state index contributed by atoms with van der Waals surface area (Å²) in [4.78, 5) is 8.38. The van der Waals surface area contributed by atoms with Crippen LogP contribution in [0.15, 0.2) is 6.20 Å². The number of hydrogen-bond donors (Lipinski definition) is 0. The third-order valence-electron chi connectivity index (χ3n) is 1.92. The van der Waals surface area contributed by atoms with Gasteiger partial charge in [-0.25, -0.2) is 4.98 Å². The van der Waals surface area contributed by atoms with Gasteiger partial charge in [0.25, 0.3) is 0 Å². The van der Waals surface area contributed by atoms with Crippen molar-refractivity contribution in [3.8, 4) is 0 Å². The van der Waals surface area contributed by atoms with Crippen molar-refractivity contribution in [3.63, 3.8) is 0 Å². The van der Waals surface area contributed by atoms with Gasteiger partial charge in [0, 0.05) is 7.11 Å². The molecular formula is C9H13ClN2O. The summed E-state index contributed by atoms with van der Waals surface area (Å²) in [5, 5.41) is 0.481. The summed E-state index contributed by atoms with van der Waals surface area (Å²) in [6.07, 6.45) is 2.40. The Morgan fingerprint density at radius 2 is 2.31 bits per heavy atom. The molecule has 1 atom stereocenters. The summed E-state index contributed by atoms with van der Waals surface area (Å²) in [5.41, 5.74) is 1.65. The van der Waals surface area contributed by atoms with E-state index in [1.165, 1.54) is 0 Å². The number of aryl methyl sites for hydroxylation is 1. The molecule has 0 saturated carbocycles. The zero-order valence-corrected chi connectivity index (χ0v) is 8.80. The third-order valence-corrected chi connectivity index (χ3v) is 2.23. The van der Waals surface area contributed by atoms with E-state index in [1.54, 1.807) is 13.3 Å². The van der Waals surface area contributed by atoms with Crippen LogP contribution in [0, 0.1) is 0 Å². The average molecular weight is 201 g/mol. The van der Waals surface area contributed by atoms with E-state index in [1.807, 2.05) is 13.8 Å². The van der Waals surface area contributed by atoms with E-state index in [-0.39, 0.29) is 6.10 Å². The number of methoxy groups -OCH3 is 1. The van der Waals surface area contributed by atoms with Crippen LogP contribution in [0.1, 0.15) is 31.3 Å². The van der Waals surface area contributed by atoms with E-state index >= 15 is 0 Å². The Balaban J connectivity index is 2.99. The first-order valence-electron chi connectivity index (χ1n) is 4.23. The van der Waals surface area contributed by atoms with Crippen molar-refractivity contribution in [2.24, 2.45) is 0 Å². The van der Waals surface area contributed by atoms with Crippen LogP contribution in [-0.2, 0) is 11.2 Å². The largest absolute Gasteiger partial charge is 0.375 e. The van der Waals surface area contributed by atoms with Gasteiger partial charge >= 0.3 is 0 Å². The van der Waals surface area contributed by atoms with Gasteiger partial charge in [-0.1, -0.05) is 18.5 Å². The van der Waals surface area contributed by atoms with Gasteiger partial charge in [0.05, 0.1) is 23.7 Å². The topological polar surface area (TPSA) is 35.0 Å². The first-order valence-corrected chi connectivity index (χ1v) is 4.61. The summed E-state index contributed by atoms with van der Waals surface area (Å²) in [6.45, 7) is 3.93. The Kier molecular flexibility index (Phi) is 3.63. The molecule has 1 rings (SSSR count). The minimum atomic E-state index is -0.0323. The van der Waals surface area contributed by atoms with Crippen molar-refractivity contribution in [3.05, 3.63) is 22.7 Å². The zero-order chi connectivity index (χ0) is 9.84. The number of nitrogens with zero attached hydrogens (tertiary/aromatic N) is 2. The van der Waals surface area contributed by atoms with Crippen molar-refractivity contribution in [2.75, 3.05) is 7.11 Å². The second-order valence-corrected chi connectivity index (χ2v) is 3.12. The SMILES string of the molecule is CCc1nc(C(C)OC)cnc1Cl. The summed E-state index contributed by atoms with van der Waals surface area (Å²) in [7, 11) is 1.65. The van der Waals surface area contributed by atoms with Crippen molar-refractivity contribution in [1.82, 2.24) is 9.97 Å². The highest BCUT2D eigenvalue weighted by Crippen LogP contribution is 2.16. The summed E-state index contributed by atoms with van der Waals surface area (Å²) >= 11 is 5.83. The van der Waals surface area contributed by atoms with Crippen LogP contribution in [0.25, 0.3) is 0 Å². The summed E-state index contributed by atoms with van der Waals surface area (Å²) < 4.78 is 5.13. The predicted molar refractivity (Wildman–Crippen MR) is 51.8 cm³/mol. The lowest BCUT2D eigenvalue weighted by atomic mass is 10.2. The maximum absolute atomic E-state index is 5.83. The normalized spacial score (nSPS) is 12.9. The molecule has 0 aliphatic heterocycles.